The largest absolute Gasteiger partial charge is 0.496 e. The van der Waals surface area contributed by atoms with Crippen molar-refractivity contribution in [3.05, 3.63) is 24.3 Å². The Bertz CT molecular complexity index is 475. The van der Waals surface area contributed by atoms with Gasteiger partial charge in [-0.25, -0.2) is 0 Å². The van der Waals surface area contributed by atoms with Crippen molar-refractivity contribution in [1.82, 2.24) is 10.6 Å². The van der Waals surface area contributed by atoms with Gasteiger partial charge in [0.05, 0.1) is 7.11 Å². The molecule has 1 heterocycles. The second kappa shape index (κ2) is 9.06. The number of para-hydroxylation sites is 1. The van der Waals surface area contributed by atoms with Gasteiger partial charge in [0.15, 0.2) is 0 Å². The van der Waals surface area contributed by atoms with Gasteiger partial charge >= 0.3 is 0 Å². The third-order valence-corrected chi connectivity index (χ3v) is 5.22. The second-order valence-electron chi connectivity index (χ2n) is 5.87. The summed E-state index contributed by atoms with van der Waals surface area (Å²) < 4.78 is 5.35. The van der Waals surface area contributed by atoms with Crippen molar-refractivity contribution in [3.63, 3.8) is 0 Å². The smallest absolute Gasteiger partial charge is 0.221 e. The molecule has 0 radical (unpaired) electrons. The Morgan fingerprint density at radius 3 is 3.05 bits per heavy atom. The number of amides is 1. The molecule has 5 heteroatoms. The molecule has 0 aromatic heterocycles. The van der Waals surface area contributed by atoms with Crippen LogP contribution < -0.4 is 15.4 Å². The summed E-state index contributed by atoms with van der Waals surface area (Å²) in [7, 11) is 1.69. The molecule has 1 aromatic rings. The summed E-state index contributed by atoms with van der Waals surface area (Å²) in [6, 6.07) is 8.41. The Morgan fingerprint density at radius 2 is 2.32 bits per heavy atom. The van der Waals surface area contributed by atoms with Crippen LogP contribution in [0.15, 0.2) is 29.2 Å². The fraction of sp³-hybridized carbons (Fsp3) is 0.588. The highest BCUT2D eigenvalue weighted by Crippen LogP contribution is 2.29. The van der Waals surface area contributed by atoms with Crippen LogP contribution in [0.2, 0.25) is 0 Å². The topological polar surface area (TPSA) is 50.4 Å². The molecule has 0 spiro atoms. The fourth-order valence-electron chi connectivity index (χ4n) is 2.54. The normalized spacial score (nSPS) is 18.9. The number of hydrogen-bond donors (Lipinski definition) is 2. The third-order valence-electron chi connectivity index (χ3n) is 3.83. The number of benzene rings is 1. The molecule has 1 aliphatic rings. The van der Waals surface area contributed by atoms with Crippen LogP contribution in [0, 0.1) is 5.92 Å². The van der Waals surface area contributed by atoms with Crippen molar-refractivity contribution in [1.29, 1.82) is 0 Å². The Morgan fingerprint density at radius 1 is 1.50 bits per heavy atom. The molecular formula is C17H26N2O2S. The van der Waals surface area contributed by atoms with Crippen molar-refractivity contribution in [3.8, 4) is 5.75 Å². The lowest BCUT2D eigenvalue weighted by Gasteiger charge is -2.15. The highest BCUT2D eigenvalue weighted by Gasteiger charge is 2.17. The SMILES string of the molecule is COc1ccccc1SCC(C)CNC(=O)CC1CCCN1. The van der Waals surface area contributed by atoms with Crippen molar-refractivity contribution in [2.75, 3.05) is 26.0 Å². The molecular weight excluding hydrogens is 296 g/mol. The van der Waals surface area contributed by atoms with E-state index in [2.05, 4.69) is 23.6 Å². The average Bonchev–Trinajstić information content (AvgIpc) is 3.04. The standard InChI is InChI=1S/C17H26N2O2S/c1-13(11-19-17(20)10-14-6-5-9-18-14)12-22-16-8-4-3-7-15(16)21-2/h3-4,7-8,13-14,18H,5-6,9-12H2,1-2H3,(H,19,20). The monoisotopic (exact) mass is 322 g/mol. The van der Waals surface area contributed by atoms with Crippen LogP contribution in [-0.2, 0) is 4.79 Å². The van der Waals surface area contributed by atoms with Crippen LogP contribution >= 0.6 is 11.8 Å². The van der Waals surface area contributed by atoms with Crippen LogP contribution in [0.3, 0.4) is 0 Å². The predicted molar refractivity (Wildman–Crippen MR) is 91.5 cm³/mol. The minimum Gasteiger partial charge on any atom is -0.496 e. The zero-order valence-electron chi connectivity index (χ0n) is 13.4. The van der Waals surface area contributed by atoms with Gasteiger partial charge in [0.25, 0.3) is 0 Å². The fourth-order valence-corrected chi connectivity index (χ4v) is 3.59. The first-order chi connectivity index (χ1) is 10.7. The van der Waals surface area contributed by atoms with E-state index in [1.807, 2.05) is 18.2 Å². The molecule has 4 nitrogen and oxygen atoms in total. The van der Waals surface area contributed by atoms with Crippen molar-refractivity contribution in [2.45, 2.75) is 37.1 Å². The number of ether oxygens (including phenoxy) is 1. The molecule has 1 fully saturated rings. The van der Waals surface area contributed by atoms with Gasteiger partial charge in [-0.2, -0.15) is 0 Å². The Kier molecular flexibility index (Phi) is 7.06. The first-order valence-electron chi connectivity index (χ1n) is 7.95. The first-order valence-corrected chi connectivity index (χ1v) is 8.93. The lowest BCUT2D eigenvalue weighted by molar-refractivity contribution is -0.121. The van der Waals surface area contributed by atoms with Crippen LogP contribution in [0.4, 0.5) is 0 Å². The number of nitrogens with one attached hydrogen (secondary N) is 2. The van der Waals surface area contributed by atoms with Gasteiger partial charge in [0.1, 0.15) is 5.75 Å². The van der Waals surface area contributed by atoms with Gasteiger partial charge in [0, 0.05) is 29.7 Å². The molecule has 0 aliphatic carbocycles. The minimum atomic E-state index is 0.161. The zero-order chi connectivity index (χ0) is 15.8. The lowest BCUT2D eigenvalue weighted by Crippen LogP contribution is -2.34. The summed E-state index contributed by atoms with van der Waals surface area (Å²) >= 11 is 1.78. The Hall–Kier alpha value is -1.20. The minimum absolute atomic E-state index is 0.161. The van der Waals surface area contributed by atoms with Crippen molar-refractivity contribution < 1.29 is 9.53 Å². The molecule has 2 N–H and O–H groups in total. The number of hydrogen-bond acceptors (Lipinski definition) is 4. The van der Waals surface area contributed by atoms with E-state index in [-0.39, 0.29) is 5.91 Å². The van der Waals surface area contributed by atoms with Gasteiger partial charge in [-0.15, -0.1) is 11.8 Å². The molecule has 1 aromatic carbocycles. The molecule has 1 aliphatic heterocycles. The molecule has 0 bridgehead atoms. The van der Waals surface area contributed by atoms with E-state index >= 15 is 0 Å². The summed E-state index contributed by atoms with van der Waals surface area (Å²) in [4.78, 5) is 13.1. The Labute approximate surface area is 137 Å². The summed E-state index contributed by atoms with van der Waals surface area (Å²) in [5, 5.41) is 6.41. The maximum atomic E-state index is 11.9. The predicted octanol–water partition coefficient (Wildman–Crippen LogP) is 2.68. The second-order valence-corrected chi connectivity index (χ2v) is 6.93. The summed E-state index contributed by atoms with van der Waals surface area (Å²) in [5.74, 6) is 2.46. The van der Waals surface area contributed by atoms with Crippen LogP contribution in [0.1, 0.15) is 26.2 Å². The molecule has 1 amide bonds. The molecule has 1 saturated heterocycles. The molecule has 22 heavy (non-hydrogen) atoms. The summed E-state index contributed by atoms with van der Waals surface area (Å²) in [6.07, 6.45) is 2.91. The van der Waals surface area contributed by atoms with Crippen molar-refractivity contribution >= 4 is 17.7 Å². The van der Waals surface area contributed by atoms with Crippen LogP contribution in [-0.4, -0.2) is 37.9 Å². The number of carbonyl (C=O) groups is 1. The van der Waals surface area contributed by atoms with Gasteiger partial charge in [-0.05, 0) is 37.4 Å². The van der Waals surface area contributed by atoms with E-state index in [1.54, 1.807) is 18.9 Å². The molecule has 2 rings (SSSR count). The number of rotatable bonds is 8. The molecule has 2 atom stereocenters. The van der Waals surface area contributed by atoms with Crippen molar-refractivity contribution in [2.24, 2.45) is 5.92 Å². The quantitative estimate of drug-likeness (QED) is 0.723. The highest BCUT2D eigenvalue weighted by atomic mass is 32.2. The van der Waals surface area contributed by atoms with E-state index in [1.165, 1.54) is 6.42 Å². The van der Waals surface area contributed by atoms with Gasteiger partial charge < -0.3 is 15.4 Å². The summed E-state index contributed by atoms with van der Waals surface area (Å²) in [5.41, 5.74) is 0. The number of methoxy groups -OCH3 is 1. The zero-order valence-corrected chi connectivity index (χ0v) is 14.2. The van der Waals surface area contributed by atoms with E-state index in [4.69, 9.17) is 4.74 Å². The van der Waals surface area contributed by atoms with Crippen LogP contribution in [0.5, 0.6) is 5.75 Å². The molecule has 0 saturated carbocycles. The molecule has 122 valence electrons. The molecule has 2 unspecified atom stereocenters. The Balaban J connectivity index is 1.66. The highest BCUT2D eigenvalue weighted by molar-refractivity contribution is 7.99. The lowest BCUT2D eigenvalue weighted by atomic mass is 10.1. The maximum Gasteiger partial charge on any atom is 0.221 e. The van der Waals surface area contributed by atoms with E-state index in [0.717, 1.165) is 35.9 Å². The number of thioether (sulfide) groups is 1. The average molecular weight is 322 g/mol. The van der Waals surface area contributed by atoms with Gasteiger partial charge in [0.2, 0.25) is 5.91 Å². The van der Waals surface area contributed by atoms with E-state index < -0.39 is 0 Å². The third kappa shape index (κ3) is 5.54. The summed E-state index contributed by atoms with van der Waals surface area (Å²) in [6.45, 7) is 3.94. The maximum absolute atomic E-state index is 11.9. The van der Waals surface area contributed by atoms with Gasteiger partial charge in [-0.3, -0.25) is 4.79 Å². The van der Waals surface area contributed by atoms with Crippen LogP contribution in [0.25, 0.3) is 0 Å². The first kappa shape index (κ1) is 17.2. The van der Waals surface area contributed by atoms with E-state index in [0.29, 0.717) is 18.4 Å². The van der Waals surface area contributed by atoms with E-state index in [9.17, 15) is 4.79 Å². The van der Waals surface area contributed by atoms with Gasteiger partial charge in [-0.1, -0.05) is 19.1 Å². The number of carbonyl (C=O) groups excluding carboxylic acids is 1.